The zero-order chi connectivity index (χ0) is 19.1. The number of rotatable bonds is 5. The van der Waals surface area contributed by atoms with Crippen LogP contribution in [0.15, 0.2) is 23.1 Å². The molecule has 0 aliphatic carbocycles. The molecule has 12 nitrogen and oxygen atoms in total. The molecule has 0 amide bonds. The van der Waals surface area contributed by atoms with Crippen molar-refractivity contribution in [3.05, 3.63) is 24.5 Å². The average Bonchev–Trinajstić information content (AvgIpc) is 3.30. The third kappa shape index (κ3) is 2.94. The molecule has 0 radical (unpaired) electrons. The Morgan fingerprint density at radius 3 is 2.63 bits per heavy atom. The number of aliphatic hydroxyl groups is 3. The van der Waals surface area contributed by atoms with Crippen molar-refractivity contribution in [1.29, 1.82) is 0 Å². The first-order valence-electron chi connectivity index (χ1n) is 8.04. The summed E-state index contributed by atoms with van der Waals surface area (Å²) in [6.07, 6.45) is -1.77. The molecule has 0 bridgehead atoms. The third-order valence-electron chi connectivity index (χ3n) is 4.34. The molecule has 1 unspecified atom stereocenters. The van der Waals surface area contributed by atoms with Crippen molar-refractivity contribution in [3.8, 4) is 11.7 Å². The SMILES string of the molecule is OC[C@H]1OC(n2cnc3c(NCc4oc(O)cc4O)ncnc32)[C@@H](O)[C@@H]1O. The predicted octanol–water partition coefficient (Wildman–Crippen LogP) is -0.946. The van der Waals surface area contributed by atoms with Gasteiger partial charge in [0.25, 0.3) is 5.95 Å². The van der Waals surface area contributed by atoms with Crippen LogP contribution in [0.2, 0.25) is 0 Å². The molecule has 1 aliphatic heterocycles. The fourth-order valence-corrected chi connectivity index (χ4v) is 2.97. The monoisotopic (exact) mass is 379 g/mol. The van der Waals surface area contributed by atoms with Crippen molar-refractivity contribution < 1.29 is 34.7 Å². The van der Waals surface area contributed by atoms with Crippen LogP contribution in [-0.4, -0.2) is 70.0 Å². The molecule has 4 rings (SSSR count). The molecule has 144 valence electrons. The number of nitrogens with zero attached hydrogens (tertiary/aromatic N) is 4. The fourth-order valence-electron chi connectivity index (χ4n) is 2.97. The number of ether oxygens (including phenoxy) is 1. The van der Waals surface area contributed by atoms with E-state index in [-0.39, 0.29) is 18.1 Å². The summed E-state index contributed by atoms with van der Waals surface area (Å²) < 4.78 is 11.9. The summed E-state index contributed by atoms with van der Waals surface area (Å²) in [6, 6.07) is 1.07. The summed E-state index contributed by atoms with van der Waals surface area (Å²) in [5.74, 6) is -0.184. The highest BCUT2D eigenvalue weighted by atomic mass is 16.6. The Morgan fingerprint density at radius 2 is 1.96 bits per heavy atom. The normalized spacial score (nSPS) is 25.3. The van der Waals surface area contributed by atoms with Gasteiger partial charge >= 0.3 is 0 Å². The Morgan fingerprint density at radius 1 is 1.15 bits per heavy atom. The van der Waals surface area contributed by atoms with Crippen molar-refractivity contribution in [2.75, 3.05) is 11.9 Å². The lowest BCUT2D eigenvalue weighted by Crippen LogP contribution is -2.33. The zero-order valence-electron chi connectivity index (χ0n) is 13.8. The summed E-state index contributed by atoms with van der Waals surface area (Å²) in [7, 11) is 0. The minimum absolute atomic E-state index is 0.0270. The van der Waals surface area contributed by atoms with E-state index in [1.54, 1.807) is 0 Å². The molecule has 4 atom stereocenters. The Kier molecular flexibility index (Phi) is 4.31. The van der Waals surface area contributed by atoms with Gasteiger partial charge in [-0.05, 0) is 0 Å². The number of nitrogens with one attached hydrogen (secondary N) is 1. The van der Waals surface area contributed by atoms with Crippen molar-refractivity contribution in [1.82, 2.24) is 19.5 Å². The molecule has 4 heterocycles. The van der Waals surface area contributed by atoms with Crippen LogP contribution in [0.5, 0.6) is 11.7 Å². The first-order chi connectivity index (χ1) is 13.0. The summed E-state index contributed by atoms with van der Waals surface area (Å²) in [5.41, 5.74) is 0.680. The van der Waals surface area contributed by atoms with Crippen LogP contribution >= 0.6 is 0 Å². The van der Waals surface area contributed by atoms with Crippen molar-refractivity contribution in [2.45, 2.75) is 31.1 Å². The molecule has 0 spiro atoms. The van der Waals surface area contributed by atoms with E-state index in [4.69, 9.17) is 9.15 Å². The van der Waals surface area contributed by atoms with Crippen LogP contribution in [0, 0.1) is 0 Å². The average molecular weight is 379 g/mol. The van der Waals surface area contributed by atoms with Crippen molar-refractivity contribution >= 4 is 17.0 Å². The number of aliphatic hydroxyl groups excluding tert-OH is 3. The third-order valence-corrected chi connectivity index (χ3v) is 4.34. The first-order valence-corrected chi connectivity index (χ1v) is 8.04. The molecule has 1 fully saturated rings. The van der Waals surface area contributed by atoms with Gasteiger partial charge in [0.1, 0.15) is 24.6 Å². The minimum atomic E-state index is -1.27. The van der Waals surface area contributed by atoms with Gasteiger partial charge in [-0.15, -0.1) is 0 Å². The van der Waals surface area contributed by atoms with Gasteiger partial charge in [0, 0.05) is 0 Å². The molecule has 0 saturated carbocycles. The largest absolute Gasteiger partial charge is 0.504 e. The smallest absolute Gasteiger partial charge is 0.285 e. The van der Waals surface area contributed by atoms with Crippen LogP contribution in [0.1, 0.15) is 12.0 Å². The number of aromatic nitrogens is 4. The van der Waals surface area contributed by atoms with E-state index in [1.807, 2.05) is 0 Å². The Bertz CT molecular complexity index is 957. The number of furan rings is 1. The molecule has 1 saturated heterocycles. The van der Waals surface area contributed by atoms with E-state index in [0.717, 1.165) is 6.07 Å². The standard InChI is InChI=1S/C15H17N5O7/c21-3-8-11(24)12(25)15(27-8)20-5-19-10-13(17-4-18-14(10)20)16-2-7-6(22)1-9(23)26-7/h1,4-5,8,11-12,15,21-25H,2-3H2,(H,16,17,18)/t8-,11-,12+,15?/m1/s1. The molecule has 6 N–H and O–H groups in total. The highest BCUT2D eigenvalue weighted by molar-refractivity contribution is 5.82. The van der Waals surface area contributed by atoms with Crippen molar-refractivity contribution in [2.24, 2.45) is 0 Å². The van der Waals surface area contributed by atoms with E-state index in [0.29, 0.717) is 17.0 Å². The van der Waals surface area contributed by atoms with Gasteiger partial charge in [-0.1, -0.05) is 0 Å². The van der Waals surface area contributed by atoms with Gasteiger partial charge in [-0.3, -0.25) is 4.57 Å². The molecule has 1 aliphatic rings. The van der Waals surface area contributed by atoms with Gasteiger partial charge in [-0.25, -0.2) is 15.0 Å². The number of hydrogen-bond donors (Lipinski definition) is 6. The topological polar surface area (TPSA) is 179 Å². The summed E-state index contributed by atoms with van der Waals surface area (Å²) in [5, 5.41) is 51.1. The molecule has 3 aromatic heterocycles. The Labute approximate surface area is 151 Å². The van der Waals surface area contributed by atoms with Gasteiger partial charge in [-0.2, -0.15) is 0 Å². The second kappa shape index (κ2) is 6.66. The van der Waals surface area contributed by atoms with Crippen LogP contribution in [0.4, 0.5) is 5.82 Å². The van der Waals surface area contributed by atoms with Crippen LogP contribution in [0.25, 0.3) is 11.2 Å². The molecular weight excluding hydrogens is 362 g/mol. The summed E-state index contributed by atoms with van der Waals surface area (Å²) in [6.45, 7) is -0.415. The molecule has 3 aromatic rings. The lowest BCUT2D eigenvalue weighted by Gasteiger charge is -2.16. The van der Waals surface area contributed by atoms with Crippen molar-refractivity contribution in [3.63, 3.8) is 0 Å². The van der Waals surface area contributed by atoms with Gasteiger partial charge < -0.3 is 40.0 Å². The van der Waals surface area contributed by atoms with Crippen LogP contribution in [-0.2, 0) is 11.3 Å². The number of imidazole rings is 1. The minimum Gasteiger partial charge on any atom is -0.504 e. The maximum absolute atomic E-state index is 10.2. The Hall–Kier alpha value is -2.93. The fraction of sp³-hybridized carbons (Fsp3) is 0.400. The highest BCUT2D eigenvalue weighted by Crippen LogP contribution is 2.32. The summed E-state index contributed by atoms with van der Waals surface area (Å²) >= 11 is 0. The zero-order valence-corrected chi connectivity index (χ0v) is 13.8. The van der Waals surface area contributed by atoms with E-state index in [2.05, 4.69) is 20.3 Å². The lowest BCUT2D eigenvalue weighted by atomic mass is 10.1. The maximum Gasteiger partial charge on any atom is 0.285 e. The van der Waals surface area contributed by atoms with Gasteiger partial charge in [0.2, 0.25) is 0 Å². The number of aromatic hydroxyl groups is 2. The first kappa shape index (κ1) is 17.5. The molecule has 27 heavy (non-hydrogen) atoms. The van der Waals surface area contributed by atoms with E-state index < -0.39 is 37.1 Å². The van der Waals surface area contributed by atoms with Crippen LogP contribution in [0.3, 0.4) is 0 Å². The lowest BCUT2D eigenvalue weighted by molar-refractivity contribution is -0.0511. The second-order valence-corrected chi connectivity index (χ2v) is 6.02. The molecule has 0 aromatic carbocycles. The molecular formula is C15H17N5O7. The second-order valence-electron chi connectivity index (χ2n) is 6.02. The van der Waals surface area contributed by atoms with E-state index >= 15 is 0 Å². The predicted molar refractivity (Wildman–Crippen MR) is 87.7 cm³/mol. The van der Waals surface area contributed by atoms with Gasteiger partial charge in [0.15, 0.2) is 34.7 Å². The number of anilines is 1. The van der Waals surface area contributed by atoms with Crippen LogP contribution < -0.4 is 5.32 Å². The quantitative estimate of drug-likeness (QED) is 0.322. The maximum atomic E-state index is 10.2. The van der Waals surface area contributed by atoms with E-state index in [1.165, 1.54) is 17.2 Å². The number of hydrogen-bond acceptors (Lipinski definition) is 11. The van der Waals surface area contributed by atoms with E-state index in [9.17, 15) is 25.5 Å². The summed E-state index contributed by atoms with van der Waals surface area (Å²) in [4.78, 5) is 12.4. The number of fused-ring (bicyclic) bond motifs is 1. The Balaban J connectivity index is 1.61. The molecule has 12 heteroatoms. The van der Waals surface area contributed by atoms with Gasteiger partial charge in [0.05, 0.1) is 25.5 Å². The highest BCUT2D eigenvalue weighted by Gasteiger charge is 2.44.